The molecule has 0 spiro atoms. The van der Waals surface area contributed by atoms with E-state index in [9.17, 15) is 18.0 Å². The molecule has 0 bridgehead atoms. The molecule has 3 aromatic rings. The third-order valence-corrected chi connectivity index (χ3v) is 6.74. The number of benzene rings is 2. The van der Waals surface area contributed by atoms with Crippen LogP contribution < -0.4 is 10.2 Å². The largest absolute Gasteiger partial charge is 0.444 e. The molecule has 1 aliphatic rings. The maximum atomic E-state index is 13.5. The van der Waals surface area contributed by atoms with Gasteiger partial charge in [-0.15, -0.1) is 0 Å². The number of fused-ring (bicyclic) bond motifs is 1. The van der Waals surface area contributed by atoms with Gasteiger partial charge in [-0.2, -0.15) is 13.2 Å². The van der Waals surface area contributed by atoms with Gasteiger partial charge < -0.3 is 19.9 Å². The normalized spacial score (nSPS) is 15.5. The molecule has 2 aromatic carbocycles. The summed E-state index contributed by atoms with van der Waals surface area (Å²) in [4.78, 5) is 21.0. The quantitative estimate of drug-likeness (QED) is 0.391. The number of carbonyl (C=O) groups is 1. The Bertz CT molecular complexity index is 1330. The highest BCUT2D eigenvalue weighted by molar-refractivity contribution is 5.94. The average Bonchev–Trinajstić information content (AvgIpc) is 2.82. The number of aryl methyl sites for hydroxylation is 1. The van der Waals surface area contributed by atoms with E-state index >= 15 is 0 Å². The Morgan fingerprint density at radius 3 is 2.34 bits per heavy atom. The van der Waals surface area contributed by atoms with E-state index in [1.54, 1.807) is 11.0 Å². The fourth-order valence-electron chi connectivity index (χ4n) is 4.88. The molecule has 0 aliphatic carbocycles. The molecule has 0 unspecified atom stereocenters. The van der Waals surface area contributed by atoms with Crippen LogP contribution in [0.3, 0.4) is 0 Å². The first kappa shape index (κ1) is 27.5. The monoisotopic (exact) mass is 528 g/mol. The second kappa shape index (κ2) is 10.3. The molecule has 204 valence electrons. The number of hydrogen-bond donors (Lipinski definition) is 1. The van der Waals surface area contributed by atoms with E-state index in [1.807, 2.05) is 52.8 Å². The summed E-state index contributed by atoms with van der Waals surface area (Å²) < 4.78 is 45.9. The number of pyridine rings is 1. The zero-order valence-electron chi connectivity index (χ0n) is 22.7. The van der Waals surface area contributed by atoms with Crippen molar-refractivity contribution in [1.82, 2.24) is 9.88 Å². The van der Waals surface area contributed by atoms with Gasteiger partial charge in [0, 0.05) is 54.7 Å². The second-order valence-electron chi connectivity index (χ2n) is 10.9. The van der Waals surface area contributed by atoms with Gasteiger partial charge in [0.05, 0.1) is 11.1 Å². The van der Waals surface area contributed by atoms with Gasteiger partial charge in [0.25, 0.3) is 0 Å². The van der Waals surface area contributed by atoms with Crippen LogP contribution in [0.4, 0.5) is 29.3 Å². The number of carbonyl (C=O) groups excluding carboxylic acids is 1. The first-order valence-corrected chi connectivity index (χ1v) is 12.8. The standard InChI is InChI=1S/C29H35F3N4O2/c1-18-16-26(34-20(3)22-8-7-9-24(19(22)2)29(30,31)32)23-17-21(10-11-25(23)33-18)35-12-14-36(15-13-35)27(37)38-28(4,5)6/h7-11,16-17,20H,12-15H2,1-6H3,(H,33,34)/t20-/m1/s1. The molecule has 38 heavy (non-hydrogen) atoms. The maximum Gasteiger partial charge on any atom is 0.416 e. The minimum atomic E-state index is -4.40. The van der Waals surface area contributed by atoms with Gasteiger partial charge >= 0.3 is 12.3 Å². The summed E-state index contributed by atoms with van der Waals surface area (Å²) in [7, 11) is 0. The Kier molecular flexibility index (Phi) is 7.50. The zero-order chi connectivity index (χ0) is 27.8. The number of nitrogens with zero attached hydrogens (tertiary/aromatic N) is 3. The van der Waals surface area contributed by atoms with Gasteiger partial charge in [0.1, 0.15) is 5.60 Å². The van der Waals surface area contributed by atoms with Crippen LogP contribution in [0.2, 0.25) is 0 Å². The van der Waals surface area contributed by atoms with Crippen LogP contribution >= 0.6 is 0 Å². The number of amides is 1. The van der Waals surface area contributed by atoms with Crippen LogP contribution in [0, 0.1) is 13.8 Å². The molecule has 9 heteroatoms. The van der Waals surface area contributed by atoms with E-state index in [1.165, 1.54) is 13.0 Å². The molecule has 1 aliphatic heterocycles. The van der Waals surface area contributed by atoms with Crippen LogP contribution in [-0.4, -0.2) is 47.8 Å². The lowest BCUT2D eigenvalue weighted by atomic mass is 9.97. The molecule has 0 saturated carbocycles. The van der Waals surface area contributed by atoms with E-state index in [0.29, 0.717) is 31.7 Å². The Morgan fingerprint density at radius 1 is 1.03 bits per heavy atom. The maximum absolute atomic E-state index is 13.5. The van der Waals surface area contributed by atoms with Crippen LogP contribution in [-0.2, 0) is 10.9 Å². The SMILES string of the molecule is Cc1cc(N[C@H](C)c2cccc(C(F)(F)F)c2C)c2cc(N3CCN(C(=O)OC(C)(C)C)CC3)ccc2n1. The molecule has 0 radical (unpaired) electrons. The second-order valence-corrected chi connectivity index (χ2v) is 10.9. The van der Waals surface area contributed by atoms with E-state index in [2.05, 4.69) is 21.3 Å². The summed E-state index contributed by atoms with van der Waals surface area (Å²) in [6, 6.07) is 11.9. The number of nitrogens with one attached hydrogen (secondary N) is 1. The smallest absolute Gasteiger partial charge is 0.416 e. The number of aromatic nitrogens is 1. The Labute approximate surface area is 221 Å². The van der Waals surface area contributed by atoms with Crippen molar-refractivity contribution in [1.29, 1.82) is 0 Å². The number of piperazine rings is 1. The average molecular weight is 529 g/mol. The highest BCUT2D eigenvalue weighted by atomic mass is 19.4. The van der Waals surface area contributed by atoms with Gasteiger partial charge in [0.15, 0.2) is 0 Å². The van der Waals surface area contributed by atoms with Gasteiger partial charge in [-0.25, -0.2) is 4.79 Å². The van der Waals surface area contributed by atoms with Crippen molar-refractivity contribution < 1.29 is 22.7 Å². The number of halogens is 3. The van der Waals surface area contributed by atoms with E-state index in [0.717, 1.165) is 34.0 Å². The molecule has 1 saturated heterocycles. The Balaban J connectivity index is 1.57. The number of hydrogen-bond acceptors (Lipinski definition) is 5. The lowest BCUT2D eigenvalue weighted by molar-refractivity contribution is -0.138. The number of rotatable bonds is 4. The molecule has 6 nitrogen and oxygen atoms in total. The molecule has 1 atom stereocenters. The van der Waals surface area contributed by atoms with Crippen molar-refractivity contribution in [2.24, 2.45) is 0 Å². The fourth-order valence-corrected chi connectivity index (χ4v) is 4.88. The molecule has 4 rings (SSSR count). The lowest BCUT2D eigenvalue weighted by Crippen LogP contribution is -2.50. The van der Waals surface area contributed by atoms with Gasteiger partial charge in [0.2, 0.25) is 0 Å². The lowest BCUT2D eigenvalue weighted by Gasteiger charge is -2.36. The minimum absolute atomic E-state index is 0.221. The summed E-state index contributed by atoms with van der Waals surface area (Å²) in [5.74, 6) is 0. The zero-order valence-corrected chi connectivity index (χ0v) is 22.7. The Morgan fingerprint density at radius 2 is 1.71 bits per heavy atom. The van der Waals surface area contributed by atoms with Gasteiger partial charge in [-0.3, -0.25) is 4.98 Å². The third-order valence-electron chi connectivity index (χ3n) is 6.74. The van der Waals surface area contributed by atoms with Crippen molar-refractivity contribution in [2.45, 2.75) is 59.4 Å². The third kappa shape index (κ3) is 6.14. The first-order valence-electron chi connectivity index (χ1n) is 12.8. The van der Waals surface area contributed by atoms with Gasteiger partial charge in [-0.1, -0.05) is 12.1 Å². The highest BCUT2D eigenvalue weighted by Crippen LogP contribution is 2.36. The van der Waals surface area contributed by atoms with E-state index < -0.39 is 17.3 Å². The van der Waals surface area contributed by atoms with E-state index in [-0.39, 0.29) is 17.7 Å². The van der Waals surface area contributed by atoms with Gasteiger partial charge in [-0.05, 0) is 83.0 Å². The predicted molar refractivity (Wildman–Crippen MR) is 145 cm³/mol. The van der Waals surface area contributed by atoms with E-state index in [4.69, 9.17) is 4.74 Å². The summed E-state index contributed by atoms with van der Waals surface area (Å²) >= 11 is 0. The van der Waals surface area contributed by atoms with Crippen LogP contribution in [0.25, 0.3) is 10.9 Å². The molecule has 1 amide bonds. The Hall–Kier alpha value is -3.49. The highest BCUT2D eigenvalue weighted by Gasteiger charge is 2.33. The summed E-state index contributed by atoms with van der Waals surface area (Å²) in [5.41, 5.74) is 3.08. The summed E-state index contributed by atoms with van der Waals surface area (Å²) in [6.45, 7) is 13.3. The van der Waals surface area contributed by atoms with Crippen LogP contribution in [0.5, 0.6) is 0 Å². The first-order chi connectivity index (χ1) is 17.7. The van der Waals surface area contributed by atoms with Crippen LogP contribution in [0.15, 0.2) is 42.5 Å². The molecule has 1 fully saturated rings. The number of alkyl halides is 3. The fraction of sp³-hybridized carbons (Fsp3) is 0.448. The predicted octanol–water partition coefficient (Wildman–Crippen LogP) is 7.10. The summed E-state index contributed by atoms with van der Waals surface area (Å²) in [6.07, 6.45) is -4.71. The summed E-state index contributed by atoms with van der Waals surface area (Å²) in [5, 5.41) is 4.33. The topological polar surface area (TPSA) is 57.7 Å². The minimum Gasteiger partial charge on any atom is -0.444 e. The molecule has 1 N–H and O–H groups in total. The van der Waals surface area contributed by atoms with Crippen molar-refractivity contribution in [3.8, 4) is 0 Å². The number of anilines is 2. The van der Waals surface area contributed by atoms with Crippen molar-refractivity contribution in [3.05, 3.63) is 64.8 Å². The molecular weight excluding hydrogens is 493 g/mol. The molecule has 1 aromatic heterocycles. The van der Waals surface area contributed by atoms with Crippen molar-refractivity contribution in [3.63, 3.8) is 0 Å². The van der Waals surface area contributed by atoms with Crippen LogP contribution in [0.1, 0.15) is 56.1 Å². The van der Waals surface area contributed by atoms with Crippen molar-refractivity contribution >= 4 is 28.4 Å². The molecular formula is C29H35F3N4O2. The number of ether oxygens (including phenoxy) is 1. The van der Waals surface area contributed by atoms with Crippen molar-refractivity contribution in [2.75, 3.05) is 36.4 Å². The molecule has 2 heterocycles.